The Labute approximate surface area is 126 Å². The van der Waals surface area contributed by atoms with E-state index in [1.807, 2.05) is 31.2 Å². The maximum absolute atomic E-state index is 10.9. The molecule has 2 fully saturated rings. The molecule has 1 spiro atoms. The van der Waals surface area contributed by atoms with Crippen molar-refractivity contribution in [2.45, 2.75) is 56.7 Å². The summed E-state index contributed by atoms with van der Waals surface area (Å²) in [5.74, 6) is 0.326. The maximum atomic E-state index is 10.9. The second-order valence-corrected chi connectivity index (χ2v) is 7.17. The lowest BCUT2D eigenvalue weighted by atomic mass is 9.67. The Balaban J connectivity index is 1.69. The predicted molar refractivity (Wildman–Crippen MR) is 81.0 cm³/mol. The zero-order valence-corrected chi connectivity index (χ0v) is 12.8. The highest BCUT2D eigenvalue weighted by Crippen LogP contribution is 2.47. The summed E-state index contributed by atoms with van der Waals surface area (Å²) in [6.45, 7) is 2.77. The molecule has 3 heteroatoms. The summed E-state index contributed by atoms with van der Waals surface area (Å²) < 4.78 is 5.96. The van der Waals surface area contributed by atoms with E-state index in [4.69, 9.17) is 16.3 Å². The molecular weight excluding hydrogens is 272 g/mol. The van der Waals surface area contributed by atoms with Crippen molar-refractivity contribution in [3.63, 3.8) is 0 Å². The molecule has 1 saturated carbocycles. The minimum atomic E-state index is -0.666. The summed E-state index contributed by atoms with van der Waals surface area (Å²) in [7, 11) is 0. The summed E-state index contributed by atoms with van der Waals surface area (Å²) in [4.78, 5) is 0. The van der Waals surface area contributed by atoms with Gasteiger partial charge in [-0.25, -0.2) is 0 Å². The average Bonchev–Trinajstić information content (AvgIpc) is 2.40. The van der Waals surface area contributed by atoms with Gasteiger partial charge in [-0.05, 0) is 62.6 Å². The third kappa shape index (κ3) is 2.88. The summed E-state index contributed by atoms with van der Waals surface area (Å²) in [6, 6.07) is 7.80. The van der Waals surface area contributed by atoms with Crippen molar-refractivity contribution in [1.29, 1.82) is 0 Å². The van der Waals surface area contributed by atoms with Crippen LogP contribution in [-0.2, 0) is 11.2 Å². The third-order valence-electron chi connectivity index (χ3n) is 5.11. The number of aliphatic hydroxyl groups is 1. The Bertz CT molecular complexity index is 462. The molecule has 1 aromatic carbocycles. The molecule has 2 unspecified atom stereocenters. The maximum Gasteiger partial charge on any atom is 0.0689 e. The zero-order valence-electron chi connectivity index (χ0n) is 12.1. The second-order valence-electron chi connectivity index (χ2n) is 6.74. The first-order valence-corrected chi connectivity index (χ1v) is 7.98. The summed E-state index contributed by atoms with van der Waals surface area (Å²) in [5.41, 5.74) is 0.571. The van der Waals surface area contributed by atoms with Crippen molar-refractivity contribution >= 4 is 11.6 Å². The molecule has 1 N–H and O–H groups in total. The minimum Gasteiger partial charge on any atom is -0.390 e. The molecule has 0 aromatic heterocycles. The van der Waals surface area contributed by atoms with Crippen molar-refractivity contribution in [2.75, 3.05) is 6.61 Å². The summed E-state index contributed by atoms with van der Waals surface area (Å²) in [6.07, 6.45) is 6.26. The van der Waals surface area contributed by atoms with Crippen LogP contribution in [-0.4, -0.2) is 22.9 Å². The number of ether oxygens (including phenoxy) is 1. The fraction of sp³-hybridized carbons (Fsp3) is 0.647. The Morgan fingerprint density at radius 1 is 1.35 bits per heavy atom. The third-order valence-corrected chi connectivity index (χ3v) is 5.36. The van der Waals surface area contributed by atoms with Crippen molar-refractivity contribution in [1.82, 2.24) is 0 Å². The highest BCUT2D eigenvalue weighted by Gasteiger charge is 2.47. The van der Waals surface area contributed by atoms with Crippen LogP contribution in [0.15, 0.2) is 24.3 Å². The SMILES string of the molecule is CC(O)(Cc1ccc(Cl)cc1)C1CCOC2(CCC2)C1. The molecule has 110 valence electrons. The van der Waals surface area contributed by atoms with Crippen LogP contribution >= 0.6 is 11.6 Å². The van der Waals surface area contributed by atoms with Crippen molar-refractivity contribution < 1.29 is 9.84 Å². The first-order chi connectivity index (χ1) is 9.49. The molecule has 0 bridgehead atoms. The fourth-order valence-electron chi connectivity index (χ4n) is 3.64. The van der Waals surface area contributed by atoms with Gasteiger partial charge in [0.1, 0.15) is 0 Å². The number of hydrogen-bond acceptors (Lipinski definition) is 2. The van der Waals surface area contributed by atoms with Crippen LogP contribution in [0.4, 0.5) is 0 Å². The standard InChI is InChI=1S/C17H23ClO2/c1-16(19,11-13-3-5-15(18)6-4-13)14-7-10-20-17(12-14)8-2-9-17/h3-6,14,19H,2,7-12H2,1H3. The van der Waals surface area contributed by atoms with E-state index in [0.29, 0.717) is 12.3 Å². The lowest BCUT2D eigenvalue weighted by Crippen LogP contribution is -2.51. The van der Waals surface area contributed by atoms with Crippen molar-refractivity contribution in [3.05, 3.63) is 34.9 Å². The monoisotopic (exact) mass is 294 g/mol. The number of benzene rings is 1. The van der Waals surface area contributed by atoms with E-state index in [9.17, 15) is 5.11 Å². The molecule has 2 nitrogen and oxygen atoms in total. The quantitative estimate of drug-likeness (QED) is 0.913. The molecule has 1 saturated heterocycles. The van der Waals surface area contributed by atoms with Gasteiger partial charge in [-0.2, -0.15) is 0 Å². The van der Waals surface area contributed by atoms with Gasteiger partial charge in [-0.15, -0.1) is 0 Å². The van der Waals surface area contributed by atoms with E-state index in [1.54, 1.807) is 0 Å². The molecule has 1 heterocycles. The van der Waals surface area contributed by atoms with Gasteiger partial charge in [0, 0.05) is 18.1 Å². The summed E-state index contributed by atoms with van der Waals surface area (Å²) in [5, 5.41) is 11.7. The molecule has 2 aliphatic rings. The minimum absolute atomic E-state index is 0.0902. The zero-order chi connectivity index (χ0) is 14.2. The number of rotatable bonds is 3. The van der Waals surface area contributed by atoms with Crippen molar-refractivity contribution in [3.8, 4) is 0 Å². The highest BCUT2D eigenvalue weighted by atomic mass is 35.5. The molecule has 20 heavy (non-hydrogen) atoms. The Kier molecular flexibility index (Phi) is 3.83. The van der Waals surface area contributed by atoms with Gasteiger partial charge in [0.15, 0.2) is 0 Å². The van der Waals surface area contributed by atoms with E-state index in [1.165, 1.54) is 19.3 Å². The molecule has 3 rings (SSSR count). The Morgan fingerprint density at radius 3 is 2.65 bits per heavy atom. The van der Waals surface area contributed by atoms with Gasteiger partial charge in [0.2, 0.25) is 0 Å². The lowest BCUT2D eigenvalue weighted by Gasteiger charge is -2.50. The van der Waals surface area contributed by atoms with E-state index in [-0.39, 0.29) is 5.60 Å². The van der Waals surface area contributed by atoms with Gasteiger partial charge >= 0.3 is 0 Å². The van der Waals surface area contributed by atoms with Crippen LogP contribution in [0.5, 0.6) is 0 Å². The van der Waals surface area contributed by atoms with Crippen LogP contribution in [0.3, 0.4) is 0 Å². The molecule has 1 aliphatic carbocycles. The molecule has 1 aromatic rings. The molecule has 0 amide bonds. The fourth-order valence-corrected chi connectivity index (χ4v) is 3.76. The smallest absolute Gasteiger partial charge is 0.0689 e. The average molecular weight is 295 g/mol. The van der Waals surface area contributed by atoms with Gasteiger partial charge < -0.3 is 9.84 Å². The van der Waals surface area contributed by atoms with Gasteiger partial charge in [0.05, 0.1) is 11.2 Å². The van der Waals surface area contributed by atoms with Gasteiger partial charge in [-0.3, -0.25) is 0 Å². The molecule has 2 atom stereocenters. The highest BCUT2D eigenvalue weighted by molar-refractivity contribution is 6.30. The number of hydrogen-bond donors (Lipinski definition) is 1. The molecule has 1 aliphatic heterocycles. The first kappa shape index (κ1) is 14.4. The van der Waals surface area contributed by atoms with Crippen LogP contribution < -0.4 is 0 Å². The summed E-state index contributed by atoms with van der Waals surface area (Å²) >= 11 is 5.92. The largest absolute Gasteiger partial charge is 0.390 e. The van der Waals surface area contributed by atoms with Crippen molar-refractivity contribution in [2.24, 2.45) is 5.92 Å². The van der Waals surface area contributed by atoms with E-state index in [0.717, 1.165) is 30.0 Å². The second kappa shape index (κ2) is 5.32. The lowest BCUT2D eigenvalue weighted by molar-refractivity contribution is -0.172. The predicted octanol–water partition coefficient (Wildman–Crippen LogP) is 3.98. The van der Waals surface area contributed by atoms with Crippen LogP contribution in [0.1, 0.15) is 44.6 Å². The number of halogens is 1. The van der Waals surface area contributed by atoms with Crippen LogP contribution in [0.25, 0.3) is 0 Å². The molecule has 0 radical (unpaired) electrons. The van der Waals surface area contributed by atoms with E-state index >= 15 is 0 Å². The van der Waals surface area contributed by atoms with Crippen LogP contribution in [0, 0.1) is 5.92 Å². The first-order valence-electron chi connectivity index (χ1n) is 7.60. The Hall–Kier alpha value is -0.570. The van der Waals surface area contributed by atoms with E-state index < -0.39 is 5.60 Å². The van der Waals surface area contributed by atoms with E-state index in [2.05, 4.69) is 0 Å². The van der Waals surface area contributed by atoms with Gasteiger partial charge in [0.25, 0.3) is 0 Å². The normalized spacial score (nSPS) is 27.9. The van der Waals surface area contributed by atoms with Gasteiger partial charge in [-0.1, -0.05) is 23.7 Å². The van der Waals surface area contributed by atoms with Crippen LogP contribution in [0.2, 0.25) is 5.02 Å². The topological polar surface area (TPSA) is 29.5 Å². The molecular formula is C17H23ClO2. The Morgan fingerprint density at radius 2 is 2.05 bits per heavy atom.